The number of nitrogens with one attached hydrogen (secondary N) is 1. The number of hydrogen-bond donors (Lipinski definition) is 1. The van der Waals surface area contributed by atoms with Crippen LogP contribution >= 0.6 is 0 Å². The molecule has 2 rings (SSSR count). The smallest absolute Gasteiger partial charge is 0.0897 e. The van der Waals surface area contributed by atoms with E-state index < -0.39 is 0 Å². The van der Waals surface area contributed by atoms with Crippen molar-refractivity contribution in [2.24, 2.45) is 0 Å². The molecule has 0 spiro atoms. The van der Waals surface area contributed by atoms with Gasteiger partial charge in [-0.15, -0.1) is 0 Å². The SMILES string of the molecule is CCCNC(c1ccc(C)nc1)C1CN(CC)CCO1. The van der Waals surface area contributed by atoms with Crippen LogP contribution in [0.4, 0.5) is 0 Å². The Kier molecular flexibility index (Phi) is 5.95. The van der Waals surface area contributed by atoms with Crippen molar-refractivity contribution in [3.63, 3.8) is 0 Å². The summed E-state index contributed by atoms with van der Waals surface area (Å²) in [6.45, 7) is 11.4. The molecule has 0 amide bonds. The molecule has 4 nitrogen and oxygen atoms in total. The fraction of sp³-hybridized carbons (Fsp3) is 0.688. The predicted molar refractivity (Wildman–Crippen MR) is 81.9 cm³/mol. The monoisotopic (exact) mass is 277 g/mol. The third-order valence-electron chi connectivity index (χ3n) is 3.90. The van der Waals surface area contributed by atoms with E-state index in [4.69, 9.17) is 4.74 Å². The molecule has 1 aromatic heterocycles. The van der Waals surface area contributed by atoms with E-state index in [1.807, 2.05) is 13.1 Å². The minimum Gasteiger partial charge on any atom is -0.374 e. The molecule has 0 aliphatic carbocycles. The molecule has 0 bridgehead atoms. The number of pyridine rings is 1. The van der Waals surface area contributed by atoms with Gasteiger partial charge in [0.05, 0.1) is 18.8 Å². The summed E-state index contributed by atoms with van der Waals surface area (Å²) in [5.74, 6) is 0. The van der Waals surface area contributed by atoms with Crippen LogP contribution in [-0.2, 0) is 4.74 Å². The number of hydrogen-bond acceptors (Lipinski definition) is 4. The first-order valence-corrected chi connectivity index (χ1v) is 7.74. The lowest BCUT2D eigenvalue weighted by atomic mass is 10.0. The number of morpholine rings is 1. The number of aromatic nitrogens is 1. The van der Waals surface area contributed by atoms with Gasteiger partial charge in [0, 0.05) is 25.0 Å². The van der Waals surface area contributed by atoms with E-state index in [0.717, 1.165) is 44.9 Å². The van der Waals surface area contributed by atoms with E-state index in [-0.39, 0.29) is 12.1 Å². The first-order valence-electron chi connectivity index (χ1n) is 7.74. The van der Waals surface area contributed by atoms with Crippen molar-refractivity contribution in [1.29, 1.82) is 0 Å². The highest BCUT2D eigenvalue weighted by molar-refractivity contribution is 5.19. The molecule has 1 aliphatic heterocycles. The Bertz CT molecular complexity index is 393. The van der Waals surface area contributed by atoms with Gasteiger partial charge in [-0.1, -0.05) is 19.9 Å². The van der Waals surface area contributed by atoms with Crippen LogP contribution in [0.3, 0.4) is 0 Å². The number of likely N-dealkylation sites (N-methyl/N-ethyl adjacent to an activating group) is 1. The lowest BCUT2D eigenvalue weighted by Gasteiger charge is -2.37. The zero-order chi connectivity index (χ0) is 14.4. The van der Waals surface area contributed by atoms with Crippen LogP contribution in [0.2, 0.25) is 0 Å². The number of aryl methyl sites for hydroxylation is 1. The van der Waals surface area contributed by atoms with E-state index in [0.29, 0.717) is 0 Å². The van der Waals surface area contributed by atoms with Gasteiger partial charge < -0.3 is 10.1 Å². The molecule has 2 unspecified atom stereocenters. The van der Waals surface area contributed by atoms with Gasteiger partial charge in [-0.05, 0) is 38.1 Å². The zero-order valence-electron chi connectivity index (χ0n) is 12.9. The molecule has 0 radical (unpaired) electrons. The van der Waals surface area contributed by atoms with Gasteiger partial charge in [0.1, 0.15) is 0 Å². The Morgan fingerprint density at radius 2 is 2.30 bits per heavy atom. The molecular formula is C16H27N3O. The van der Waals surface area contributed by atoms with E-state index in [2.05, 4.69) is 41.2 Å². The van der Waals surface area contributed by atoms with Crippen molar-refractivity contribution < 1.29 is 4.74 Å². The normalized spacial score (nSPS) is 21.9. The van der Waals surface area contributed by atoms with Gasteiger partial charge >= 0.3 is 0 Å². The minimum absolute atomic E-state index is 0.208. The Balaban J connectivity index is 2.11. The van der Waals surface area contributed by atoms with Crippen LogP contribution in [-0.4, -0.2) is 48.8 Å². The van der Waals surface area contributed by atoms with E-state index in [9.17, 15) is 0 Å². The molecule has 0 saturated carbocycles. The zero-order valence-corrected chi connectivity index (χ0v) is 12.9. The van der Waals surface area contributed by atoms with Crippen molar-refractivity contribution in [1.82, 2.24) is 15.2 Å². The summed E-state index contributed by atoms with van der Waals surface area (Å²) in [6, 6.07) is 4.48. The van der Waals surface area contributed by atoms with Gasteiger partial charge in [0.2, 0.25) is 0 Å². The summed E-state index contributed by atoms with van der Waals surface area (Å²) in [6.07, 6.45) is 3.32. The molecule has 2 heterocycles. The van der Waals surface area contributed by atoms with Crippen LogP contribution in [0, 0.1) is 6.92 Å². The lowest BCUT2D eigenvalue weighted by molar-refractivity contribution is -0.0456. The van der Waals surface area contributed by atoms with Gasteiger partial charge in [-0.3, -0.25) is 9.88 Å². The van der Waals surface area contributed by atoms with E-state index >= 15 is 0 Å². The number of rotatable bonds is 6. The summed E-state index contributed by atoms with van der Waals surface area (Å²) in [4.78, 5) is 6.89. The predicted octanol–water partition coefficient (Wildman–Crippen LogP) is 2.15. The molecular weight excluding hydrogens is 250 g/mol. The van der Waals surface area contributed by atoms with Crippen molar-refractivity contribution in [2.45, 2.75) is 39.3 Å². The van der Waals surface area contributed by atoms with Crippen molar-refractivity contribution in [3.05, 3.63) is 29.6 Å². The summed E-state index contributed by atoms with van der Waals surface area (Å²) in [5.41, 5.74) is 2.29. The summed E-state index contributed by atoms with van der Waals surface area (Å²) < 4.78 is 6.02. The molecule has 1 fully saturated rings. The highest BCUT2D eigenvalue weighted by Gasteiger charge is 2.28. The maximum atomic E-state index is 6.02. The minimum atomic E-state index is 0.208. The first kappa shape index (κ1) is 15.4. The van der Waals surface area contributed by atoms with E-state index in [1.165, 1.54) is 5.56 Å². The third kappa shape index (κ3) is 4.01. The largest absolute Gasteiger partial charge is 0.374 e. The summed E-state index contributed by atoms with van der Waals surface area (Å²) in [7, 11) is 0. The fourth-order valence-electron chi connectivity index (χ4n) is 2.65. The summed E-state index contributed by atoms with van der Waals surface area (Å²) >= 11 is 0. The fourth-order valence-corrected chi connectivity index (χ4v) is 2.65. The average molecular weight is 277 g/mol. The van der Waals surface area contributed by atoms with Crippen molar-refractivity contribution >= 4 is 0 Å². The first-order chi connectivity index (χ1) is 9.74. The van der Waals surface area contributed by atoms with Crippen molar-refractivity contribution in [3.8, 4) is 0 Å². The molecule has 2 atom stereocenters. The Labute approximate surface area is 122 Å². The Morgan fingerprint density at radius 3 is 2.95 bits per heavy atom. The molecule has 1 aliphatic rings. The number of nitrogens with zero attached hydrogens (tertiary/aromatic N) is 2. The Hall–Kier alpha value is -0.970. The van der Waals surface area contributed by atoms with Crippen molar-refractivity contribution in [2.75, 3.05) is 32.8 Å². The highest BCUT2D eigenvalue weighted by Crippen LogP contribution is 2.22. The van der Waals surface area contributed by atoms with Gasteiger partial charge in [0.15, 0.2) is 0 Å². The Morgan fingerprint density at radius 1 is 1.45 bits per heavy atom. The molecule has 1 aromatic rings. The summed E-state index contributed by atoms with van der Waals surface area (Å²) in [5, 5.41) is 3.63. The van der Waals surface area contributed by atoms with Crippen LogP contribution in [0.1, 0.15) is 37.6 Å². The molecule has 1 saturated heterocycles. The van der Waals surface area contributed by atoms with E-state index in [1.54, 1.807) is 0 Å². The topological polar surface area (TPSA) is 37.4 Å². The second-order valence-corrected chi connectivity index (χ2v) is 5.47. The molecule has 1 N–H and O–H groups in total. The van der Waals surface area contributed by atoms with Crippen LogP contribution in [0.15, 0.2) is 18.3 Å². The second kappa shape index (κ2) is 7.72. The maximum absolute atomic E-state index is 6.02. The third-order valence-corrected chi connectivity index (χ3v) is 3.90. The van der Waals surface area contributed by atoms with Crippen LogP contribution in [0.5, 0.6) is 0 Å². The van der Waals surface area contributed by atoms with Crippen LogP contribution < -0.4 is 5.32 Å². The lowest BCUT2D eigenvalue weighted by Crippen LogP contribution is -2.48. The molecule has 0 aromatic carbocycles. The maximum Gasteiger partial charge on any atom is 0.0897 e. The highest BCUT2D eigenvalue weighted by atomic mass is 16.5. The van der Waals surface area contributed by atoms with Gasteiger partial charge in [-0.25, -0.2) is 0 Å². The molecule has 4 heteroatoms. The molecule has 20 heavy (non-hydrogen) atoms. The standard InChI is InChI=1S/C16H27N3O/c1-4-8-17-16(14-7-6-13(3)18-11-14)15-12-19(5-2)9-10-20-15/h6-7,11,15-17H,4-5,8-10,12H2,1-3H3. The molecule has 112 valence electrons. The average Bonchev–Trinajstić information content (AvgIpc) is 2.49. The number of ether oxygens (including phenoxy) is 1. The van der Waals surface area contributed by atoms with Gasteiger partial charge in [0.25, 0.3) is 0 Å². The van der Waals surface area contributed by atoms with Gasteiger partial charge in [-0.2, -0.15) is 0 Å². The van der Waals surface area contributed by atoms with Crippen LogP contribution in [0.25, 0.3) is 0 Å². The second-order valence-electron chi connectivity index (χ2n) is 5.47. The quantitative estimate of drug-likeness (QED) is 0.864.